The van der Waals surface area contributed by atoms with E-state index >= 15 is 0 Å². The summed E-state index contributed by atoms with van der Waals surface area (Å²) < 4.78 is 15.2. The molecule has 0 aromatic carbocycles. The minimum atomic E-state index is -1.59. The molecule has 0 aromatic rings. The fraction of sp³-hybridized carbons (Fsp3) is 0.750. The average molecular weight is 482 g/mol. The fourth-order valence-electron chi connectivity index (χ4n) is 0.501. The first kappa shape index (κ1) is 12.8. The first-order chi connectivity index (χ1) is 5.31. The third-order valence-electron chi connectivity index (χ3n) is 0.959. The van der Waals surface area contributed by atoms with Crippen molar-refractivity contribution in [3.63, 3.8) is 0 Å². The zero-order valence-electron chi connectivity index (χ0n) is 6.96. The molecule has 0 aliphatic rings. The zero-order chi connectivity index (χ0) is 8.53. The van der Waals surface area contributed by atoms with Crippen molar-refractivity contribution in [3.8, 4) is 0 Å². The molecule has 0 rings (SSSR count). The van der Waals surface area contributed by atoms with Crippen molar-refractivity contribution in [1.29, 1.82) is 0 Å². The maximum absolute atomic E-state index is 10.8. The van der Waals surface area contributed by atoms with Crippen LogP contribution in [0.25, 0.3) is 0 Å². The molecule has 0 aliphatic carbocycles. The Morgan fingerprint density at radius 1 is 1.55 bits per heavy atom. The number of carbonyl (C=O) groups is 1. The topological polar surface area (TPSA) is 44.8 Å². The number of hydrogen-bond acceptors (Lipinski definition) is 4. The van der Waals surface area contributed by atoms with Crippen LogP contribution in [-0.4, -0.2) is 72.8 Å². The molecule has 0 bridgehead atoms. The first-order valence-corrected chi connectivity index (χ1v) is 12.5. The summed E-state index contributed by atoms with van der Waals surface area (Å²) in [4.78, 5) is 10.8. The number of rotatable bonds is 6. The van der Waals surface area contributed by atoms with Crippen molar-refractivity contribution in [2.24, 2.45) is 0 Å². The van der Waals surface area contributed by atoms with Crippen LogP contribution in [0.5, 0.6) is 0 Å². The van der Waals surface area contributed by atoms with Gasteiger partial charge in [0.1, 0.15) is 0 Å². The SMILES string of the molecule is CCCC(=O)[O][SnH2][O][SnH2][O][SnH3]. The summed E-state index contributed by atoms with van der Waals surface area (Å²) in [5, 5.41) is 0. The summed E-state index contributed by atoms with van der Waals surface area (Å²) in [6.45, 7) is 1.96. The van der Waals surface area contributed by atoms with Gasteiger partial charge in [-0.2, -0.15) is 0 Å². The quantitative estimate of drug-likeness (QED) is 0.314. The minimum absolute atomic E-state index is 0.0887. The van der Waals surface area contributed by atoms with E-state index in [4.69, 9.17) is 5.90 Å². The van der Waals surface area contributed by atoms with Crippen molar-refractivity contribution >= 4 is 72.8 Å². The van der Waals surface area contributed by atoms with Crippen LogP contribution >= 0.6 is 0 Å². The van der Waals surface area contributed by atoms with Crippen molar-refractivity contribution in [2.45, 2.75) is 19.8 Å². The van der Waals surface area contributed by atoms with E-state index in [-0.39, 0.29) is 5.97 Å². The van der Waals surface area contributed by atoms with Gasteiger partial charge in [-0.15, -0.1) is 0 Å². The van der Waals surface area contributed by atoms with E-state index in [1.54, 1.807) is 0 Å². The third kappa shape index (κ3) is 9.70. The zero-order valence-corrected chi connectivity index (χ0v) is 20.7. The first-order valence-electron chi connectivity index (χ1n) is 3.53. The van der Waals surface area contributed by atoms with Crippen molar-refractivity contribution in [3.05, 3.63) is 0 Å². The molecule has 0 fully saturated rings. The second-order valence-electron chi connectivity index (χ2n) is 1.99. The van der Waals surface area contributed by atoms with Gasteiger partial charge < -0.3 is 0 Å². The molecule has 0 heterocycles. The molecule has 0 N–H and O–H groups in total. The Balaban J connectivity index is 3.04. The third-order valence-corrected chi connectivity index (χ3v) is 14.7. The van der Waals surface area contributed by atoms with Crippen LogP contribution < -0.4 is 0 Å². The Kier molecular flexibility index (Phi) is 11.5. The molecule has 7 heteroatoms. The van der Waals surface area contributed by atoms with Gasteiger partial charge in [0.15, 0.2) is 0 Å². The Morgan fingerprint density at radius 3 is 2.82 bits per heavy atom. The molecule has 4 nitrogen and oxygen atoms in total. The van der Waals surface area contributed by atoms with E-state index in [0.29, 0.717) is 29.4 Å². The van der Waals surface area contributed by atoms with E-state index < -0.39 is 43.9 Å². The van der Waals surface area contributed by atoms with E-state index in [1.807, 2.05) is 6.92 Å². The van der Waals surface area contributed by atoms with Gasteiger partial charge in [0, 0.05) is 0 Å². The summed E-state index contributed by atoms with van der Waals surface area (Å²) in [6, 6.07) is 0. The molecule has 0 atom stereocenters. The fourth-order valence-corrected chi connectivity index (χ4v) is 29.7. The predicted octanol–water partition coefficient (Wildman–Crippen LogP) is -2.36. The molecular formula is C4H14O4Sn3. The van der Waals surface area contributed by atoms with Crippen molar-refractivity contribution < 1.29 is 10.7 Å². The maximum atomic E-state index is 10.8. The van der Waals surface area contributed by atoms with Crippen LogP contribution in [0.1, 0.15) is 19.8 Å². The van der Waals surface area contributed by atoms with Gasteiger partial charge in [-0.25, -0.2) is 0 Å². The van der Waals surface area contributed by atoms with Gasteiger partial charge >= 0.3 is 103 Å². The van der Waals surface area contributed by atoms with Crippen LogP contribution in [0.4, 0.5) is 0 Å². The van der Waals surface area contributed by atoms with Crippen LogP contribution in [0, 0.1) is 0 Å². The van der Waals surface area contributed by atoms with Crippen LogP contribution in [0.3, 0.4) is 0 Å². The van der Waals surface area contributed by atoms with Crippen molar-refractivity contribution in [2.75, 3.05) is 0 Å². The summed E-state index contributed by atoms with van der Waals surface area (Å²) in [5.74, 6) is -0.0887. The molecule has 0 saturated carbocycles. The van der Waals surface area contributed by atoms with E-state index in [9.17, 15) is 4.79 Å². The van der Waals surface area contributed by atoms with Gasteiger partial charge in [-0.1, -0.05) is 0 Å². The van der Waals surface area contributed by atoms with E-state index in [1.165, 1.54) is 0 Å². The van der Waals surface area contributed by atoms with Gasteiger partial charge in [-0.05, 0) is 0 Å². The average Bonchev–Trinajstić information content (AvgIpc) is 1.99. The molecule has 11 heavy (non-hydrogen) atoms. The molecule has 0 unspecified atom stereocenters. The van der Waals surface area contributed by atoms with Crippen LogP contribution in [0.15, 0.2) is 0 Å². The Hall–Kier alpha value is 1.79. The molecule has 0 aromatic heterocycles. The Labute approximate surface area is 102 Å². The second-order valence-corrected chi connectivity index (χ2v) is 25.8. The van der Waals surface area contributed by atoms with Crippen LogP contribution in [-0.2, 0) is 10.7 Å². The number of carbonyl (C=O) groups excluding carboxylic acids is 1. The Morgan fingerprint density at radius 2 is 2.27 bits per heavy atom. The molecule has 0 saturated heterocycles. The molecule has 0 amide bonds. The molecular weight excluding hydrogens is 468 g/mol. The molecule has 66 valence electrons. The summed E-state index contributed by atoms with van der Waals surface area (Å²) >= 11 is -2.54. The monoisotopic (exact) mass is 486 g/mol. The van der Waals surface area contributed by atoms with E-state index in [0.717, 1.165) is 6.42 Å². The molecule has 0 radical (unpaired) electrons. The standard InChI is InChI=1S/C4H8O2.2O.3Sn.7H/c1-2-3-4(5)6;;;;;;;;;;;;/h2-3H2,1H3,(H,5,6);;;;;;;;;;;;/q;;;;;+1;;;;;;;/p-1. The summed E-state index contributed by atoms with van der Waals surface area (Å²) in [7, 11) is 0. The molecule has 0 aliphatic heterocycles. The van der Waals surface area contributed by atoms with Gasteiger partial charge in [0.2, 0.25) is 0 Å². The van der Waals surface area contributed by atoms with E-state index in [2.05, 4.69) is 0 Å². The molecule has 0 spiro atoms. The van der Waals surface area contributed by atoms with Crippen molar-refractivity contribution in [1.82, 2.24) is 0 Å². The van der Waals surface area contributed by atoms with Gasteiger partial charge in [0.25, 0.3) is 0 Å². The number of hydrogen-bond donors (Lipinski definition) is 0. The predicted molar refractivity (Wildman–Crippen MR) is 50.2 cm³/mol. The Bertz CT molecular complexity index is 110. The second kappa shape index (κ2) is 9.87. The van der Waals surface area contributed by atoms with Gasteiger partial charge in [0.05, 0.1) is 0 Å². The summed E-state index contributed by atoms with van der Waals surface area (Å²) in [6.07, 6.45) is 1.39. The summed E-state index contributed by atoms with van der Waals surface area (Å²) in [5.41, 5.74) is 0. The van der Waals surface area contributed by atoms with Gasteiger partial charge in [-0.3, -0.25) is 0 Å². The van der Waals surface area contributed by atoms with Crippen LogP contribution in [0.2, 0.25) is 0 Å². The normalized spacial score (nSPS) is 12.1.